The van der Waals surface area contributed by atoms with E-state index in [4.69, 9.17) is 4.74 Å². The zero-order valence-electron chi connectivity index (χ0n) is 12.8. The van der Waals surface area contributed by atoms with Crippen molar-refractivity contribution in [3.8, 4) is 5.88 Å². The van der Waals surface area contributed by atoms with Crippen LogP contribution >= 0.6 is 22.7 Å². The van der Waals surface area contributed by atoms with Crippen LogP contribution in [0.1, 0.15) is 28.5 Å². The highest BCUT2D eigenvalue weighted by Crippen LogP contribution is 2.41. The Morgan fingerprint density at radius 1 is 1.39 bits per heavy atom. The molecule has 23 heavy (non-hydrogen) atoms. The van der Waals surface area contributed by atoms with Crippen LogP contribution in [0.15, 0.2) is 17.5 Å². The molecule has 1 fully saturated rings. The number of aromatic hydroxyl groups is 1. The van der Waals surface area contributed by atoms with Gasteiger partial charge >= 0.3 is 0 Å². The van der Waals surface area contributed by atoms with E-state index in [0.717, 1.165) is 48.4 Å². The second kappa shape index (κ2) is 6.20. The predicted molar refractivity (Wildman–Crippen MR) is 90.5 cm³/mol. The number of morpholine rings is 1. The summed E-state index contributed by atoms with van der Waals surface area (Å²) >= 11 is 3.24. The van der Waals surface area contributed by atoms with Crippen molar-refractivity contribution in [2.45, 2.75) is 19.4 Å². The van der Waals surface area contributed by atoms with Crippen molar-refractivity contribution in [1.29, 1.82) is 0 Å². The van der Waals surface area contributed by atoms with Crippen LogP contribution in [0.3, 0.4) is 0 Å². The van der Waals surface area contributed by atoms with Gasteiger partial charge in [0.1, 0.15) is 0 Å². The fourth-order valence-corrected chi connectivity index (χ4v) is 4.94. The first kappa shape index (κ1) is 15.1. The van der Waals surface area contributed by atoms with E-state index < -0.39 is 0 Å². The van der Waals surface area contributed by atoms with Crippen molar-refractivity contribution >= 4 is 27.6 Å². The first-order chi connectivity index (χ1) is 11.3. The number of thiazole rings is 1. The number of thiophene rings is 1. The Bertz CT molecular complexity index is 790. The van der Waals surface area contributed by atoms with Crippen molar-refractivity contribution in [3.63, 3.8) is 0 Å². The van der Waals surface area contributed by atoms with Crippen LogP contribution < -0.4 is 0 Å². The Kier molecular flexibility index (Phi) is 4.06. The molecule has 122 valence electrons. The van der Waals surface area contributed by atoms with Gasteiger partial charge in [-0.25, -0.2) is 4.98 Å². The molecule has 3 aromatic heterocycles. The number of ether oxygens (including phenoxy) is 1. The molecule has 1 aliphatic rings. The zero-order chi connectivity index (χ0) is 15.8. The molecule has 6 nitrogen and oxygen atoms in total. The molecule has 0 aromatic carbocycles. The number of fused-ring (bicyclic) bond motifs is 1. The Morgan fingerprint density at radius 2 is 2.22 bits per heavy atom. The van der Waals surface area contributed by atoms with Gasteiger partial charge in [-0.3, -0.25) is 4.90 Å². The Morgan fingerprint density at radius 3 is 2.87 bits per heavy atom. The molecule has 0 radical (unpaired) electrons. The van der Waals surface area contributed by atoms with Gasteiger partial charge < -0.3 is 9.84 Å². The molecule has 0 unspecified atom stereocenters. The third kappa shape index (κ3) is 2.65. The standard InChI is InChI=1S/C15H18N4O2S2/c1-2-11-16-15-19(17-11)14(20)13(23-15)12(10-4-3-9-22-10)18-5-7-21-8-6-18/h3-4,9,12,20H,2,5-8H2,1H3/t12-/m0/s1. The van der Waals surface area contributed by atoms with Gasteiger partial charge in [0, 0.05) is 24.4 Å². The number of nitrogens with zero attached hydrogens (tertiary/aromatic N) is 4. The molecule has 8 heteroatoms. The molecule has 0 bridgehead atoms. The van der Waals surface area contributed by atoms with Crippen LogP contribution in [-0.2, 0) is 11.2 Å². The summed E-state index contributed by atoms with van der Waals surface area (Å²) in [5, 5.41) is 17.2. The van der Waals surface area contributed by atoms with Crippen LogP contribution in [0, 0.1) is 0 Å². The lowest BCUT2D eigenvalue weighted by molar-refractivity contribution is 0.0247. The highest BCUT2D eigenvalue weighted by atomic mass is 32.1. The van der Waals surface area contributed by atoms with E-state index in [2.05, 4.69) is 32.5 Å². The number of hydrogen-bond donors (Lipinski definition) is 1. The topological polar surface area (TPSA) is 62.9 Å². The summed E-state index contributed by atoms with van der Waals surface area (Å²) in [6.45, 7) is 5.18. The molecule has 0 aliphatic carbocycles. The monoisotopic (exact) mass is 350 g/mol. The number of aromatic nitrogens is 3. The summed E-state index contributed by atoms with van der Waals surface area (Å²) in [4.78, 5) is 9.74. The fourth-order valence-electron chi connectivity index (χ4n) is 2.88. The maximum Gasteiger partial charge on any atom is 0.230 e. The van der Waals surface area contributed by atoms with Crippen molar-refractivity contribution in [2.24, 2.45) is 0 Å². The van der Waals surface area contributed by atoms with Gasteiger partial charge in [-0.1, -0.05) is 24.3 Å². The maximum absolute atomic E-state index is 10.7. The summed E-state index contributed by atoms with van der Waals surface area (Å²) in [6.07, 6.45) is 0.765. The molecule has 4 heterocycles. The normalized spacial score (nSPS) is 17.8. The van der Waals surface area contributed by atoms with Crippen molar-refractivity contribution in [1.82, 2.24) is 19.5 Å². The molecule has 0 saturated carbocycles. The van der Waals surface area contributed by atoms with E-state index in [1.165, 1.54) is 16.2 Å². The Balaban J connectivity index is 1.79. The highest BCUT2D eigenvalue weighted by Gasteiger charge is 2.31. The average molecular weight is 350 g/mol. The summed E-state index contributed by atoms with van der Waals surface area (Å²) in [7, 11) is 0. The van der Waals surface area contributed by atoms with Gasteiger partial charge in [-0.15, -0.1) is 16.4 Å². The Hall–Kier alpha value is -1.48. The molecule has 1 saturated heterocycles. The second-order valence-corrected chi connectivity index (χ2v) is 7.42. The van der Waals surface area contributed by atoms with Gasteiger partial charge in [0.05, 0.1) is 24.1 Å². The smallest absolute Gasteiger partial charge is 0.230 e. The zero-order valence-corrected chi connectivity index (χ0v) is 14.4. The third-order valence-corrected chi connectivity index (χ3v) is 6.03. The molecular weight excluding hydrogens is 332 g/mol. The van der Waals surface area contributed by atoms with Crippen molar-refractivity contribution in [3.05, 3.63) is 33.1 Å². The lowest BCUT2D eigenvalue weighted by Gasteiger charge is -2.33. The van der Waals surface area contributed by atoms with Gasteiger partial charge in [0.25, 0.3) is 0 Å². The maximum atomic E-state index is 10.7. The quantitative estimate of drug-likeness (QED) is 0.783. The van der Waals surface area contributed by atoms with Crippen LogP contribution in [-0.4, -0.2) is 50.9 Å². The minimum Gasteiger partial charge on any atom is -0.492 e. The predicted octanol–water partition coefficient (Wildman–Crippen LogP) is 2.54. The lowest BCUT2D eigenvalue weighted by Crippen LogP contribution is -2.39. The van der Waals surface area contributed by atoms with Gasteiger partial charge in [0.15, 0.2) is 5.82 Å². The van der Waals surface area contributed by atoms with E-state index in [-0.39, 0.29) is 11.9 Å². The summed E-state index contributed by atoms with van der Waals surface area (Å²) in [5.74, 6) is 0.972. The van der Waals surface area contributed by atoms with Crippen LogP contribution in [0.4, 0.5) is 0 Å². The minimum atomic E-state index is 0.0393. The van der Waals surface area contributed by atoms with E-state index in [0.29, 0.717) is 0 Å². The average Bonchev–Trinajstić information content (AvgIpc) is 3.29. The van der Waals surface area contributed by atoms with E-state index in [1.54, 1.807) is 15.9 Å². The molecular formula is C15H18N4O2S2. The largest absolute Gasteiger partial charge is 0.492 e. The SMILES string of the molecule is CCc1nc2sc([C@H](c3cccs3)N3CCOCC3)c(O)n2n1. The fraction of sp³-hybridized carbons (Fsp3) is 0.467. The highest BCUT2D eigenvalue weighted by molar-refractivity contribution is 7.17. The lowest BCUT2D eigenvalue weighted by atomic mass is 10.1. The molecule has 0 amide bonds. The minimum absolute atomic E-state index is 0.0393. The first-order valence-corrected chi connectivity index (χ1v) is 9.40. The summed E-state index contributed by atoms with van der Waals surface area (Å²) < 4.78 is 7.05. The van der Waals surface area contributed by atoms with Crippen LogP contribution in [0.2, 0.25) is 0 Å². The Labute approximate surface area is 142 Å². The van der Waals surface area contributed by atoms with Gasteiger partial charge in [-0.2, -0.15) is 4.52 Å². The number of aryl methyl sites for hydroxylation is 1. The van der Waals surface area contributed by atoms with Crippen LogP contribution in [0.5, 0.6) is 5.88 Å². The number of hydrogen-bond acceptors (Lipinski definition) is 7. The molecule has 3 aromatic rings. The van der Waals surface area contributed by atoms with Crippen molar-refractivity contribution in [2.75, 3.05) is 26.3 Å². The summed E-state index contributed by atoms with van der Waals surface area (Å²) in [5.41, 5.74) is 0. The molecule has 1 aliphatic heterocycles. The first-order valence-electron chi connectivity index (χ1n) is 7.70. The van der Waals surface area contributed by atoms with E-state index >= 15 is 0 Å². The second-order valence-electron chi connectivity index (χ2n) is 5.43. The van der Waals surface area contributed by atoms with Crippen molar-refractivity contribution < 1.29 is 9.84 Å². The van der Waals surface area contributed by atoms with Gasteiger partial charge in [0.2, 0.25) is 10.8 Å². The van der Waals surface area contributed by atoms with E-state index in [1.807, 2.05) is 6.92 Å². The molecule has 0 spiro atoms. The number of rotatable bonds is 4. The molecule has 4 rings (SSSR count). The molecule has 1 atom stereocenters. The van der Waals surface area contributed by atoms with Gasteiger partial charge in [-0.05, 0) is 11.4 Å². The van der Waals surface area contributed by atoms with E-state index in [9.17, 15) is 5.11 Å². The third-order valence-electron chi connectivity index (χ3n) is 4.03. The molecule has 1 N–H and O–H groups in total. The van der Waals surface area contributed by atoms with Crippen LogP contribution in [0.25, 0.3) is 4.96 Å². The summed E-state index contributed by atoms with van der Waals surface area (Å²) in [6, 6.07) is 4.21.